The van der Waals surface area contributed by atoms with Crippen molar-refractivity contribution in [1.29, 1.82) is 0 Å². The van der Waals surface area contributed by atoms with Crippen LogP contribution in [0.5, 0.6) is 0 Å². The van der Waals surface area contributed by atoms with Gasteiger partial charge >= 0.3 is 7.60 Å². The minimum absolute atomic E-state index is 0.141. The van der Waals surface area contributed by atoms with Gasteiger partial charge in [-0.15, -0.1) is 11.8 Å². The minimum atomic E-state index is -3.23. The molecule has 0 amide bonds. The van der Waals surface area contributed by atoms with Gasteiger partial charge < -0.3 is 9.05 Å². The second kappa shape index (κ2) is 7.62. The third-order valence-electron chi connectivity index (χ3n) is 2.17. The Labute approximate surface area is 97.2 Å². The van der Waals surface area contributed by atoms with Gasteiger partial charge in [0.15, 0.2) is 0 Å². The summed E-state index contributed by atoms with van der Waals surface area (Å²) in [5.74, 6) is 5.41. The Morgan fingerprint density at radius 1 is 1.31 bits per heavy atom. The van der Waals surface area contributed by atoms with Crippen molar-refractivity contribution < 1.29 is 18.4 Å². The fourth-order valence-electron chi connectivity index (χ4n) is 1.01. The summed E-state index contributed by atoms with van der Waals surface area (Å²) in [6.45, 7) is 3.71. The number of hydrogen-bond acceptors (Lipinski definition) is 4. The topological polar surface area (TPSA) is 52.6 Å². The molecule has 0 aromatic carbocycles. The van der Waals surface area contributed by atoms with Crippen LogP contribution >= 0.6 is 7.60 Å². The van der Waals surface area contributed by atoms with Gasteiger partial charge in [0, 0.05) is 33.0 Å². The van der Waals surface area contributed by atoms with E-state index in [4.69, 9.17) is 9.05 Å². The summed E-state index contributed by atoms with van der Waals surface area (Å²) in [6, 6.07) is 0. The second-order valence-electron chi connectivity index (χ2n) is 3.41. The Morgan fingerprint density at radius 3 is 2.31 bits per heavy atom. The van der Waals surface area contributed by atoms with Crippen molar-refractivity contribution in [3.63, 3.8) is 0 Å². The zero-order valence-electron chi connectivity index (χ0n) is 10.3. The number of Topliss-reactive ketones (excluding diaryl/α,β-unsaturated/α-hetero) is 1. The highest BCUT2D eigenvalue weighted by Gasteiger charge is 2.27. The fourth-order valence-corrected chi connectivity index (χ4v) is 2.12. The van der Waals surface area contributed by atoms with E-state index in [2.05, 4.69) is 11.8 Å². The van der Waals surface area contributed by atoms with Crippen molar-refractivity contribution in [2.75, 3.05) is 20.4 Å². The maximum Gasteiger partial charge on any atom is 0.337 e. The predicted octanol–water partition coefficient (Wildman–Crippen LogP) is 2.48. The van der Waals surface area contributed by atoms with Crippen LogP contribution in [0.3, 0.4) is 0 Å². The largest absolute Gasteiger partial charge is 0.337 e. The first-order chi connectivity index (χ1) is 7.49. The lowest BCUT2D eigenvalue weighted by molar-refractivity contribution is -0.120. The molecule has 0 aliphatic carbocycles. The summed E-state index contributed by atoms with van der Waals surface area (Å²) >= 11 is 0. The van der Waals surface area contributed by atoms with E-state index >= 15 is 0 Å². The molecule has 0 rings (SSSR count). The summed E-state index contributed by atoms with van der Waals surface area (Å²) in [6.07, 6.45) is 1.07. The molecule has 16 heavy (non-hydrogen) atoms. The van der Waals surface area contributed by atoms with Crippen LogP contribution < -0.4 is 0 Å². The van der Waals surface area contributed by atoms with Crippen molar-refractivity contribution in [2.45, 2.75) is 26.7 Å². The van der Waals surface area contributed by atoms with E-state index in [0.717, 1.165) is 6.42 Å². The van der Waals surface area contributed by atoms with Crippen LogP contribution in [0.2, 0.25) is 0 Å². The maximum absolute atomic E-state index is 11.7. The van der Waals surface area contributed by atoms with Gasteiger partial charge in [-0.05, 0) is 0 Å². The summed E-state index contributed by atoms with van der Waals surface area (Å²) in [5.41, 5.74) is 0. The quantitative estimate of drug-likeness (QED) is 0.533. The zero-order valence-corrected chi connectivity index (χ0v) is 11.2. The molecule has 4 nitrogen and oxygen atoms in total. The highest BCUT2D eigenvalue weighted by atomic mass is 31.2. The second-order valence-corrected chi connectivity index (χ2v) is 5.68. The lowest BCUT2D eigenvalue weighted by Crippen LogP contribution is -2.16. The minimum Gasteiger partial charge on any atom is -0.312 e. The Balaban J connectivity index is 4.30. The van der Waals surface area contributed by atoms with E-state index in [9.17, 15) is 9.36 Å². The molecule has 92 valence electrons. The normalized spacial score (nSPS) is 12.8. The number of ketones is 1. The standard InChI is InChI=1S/C11H19O4P/c1-5-6-7-8-10(2)11(12)9-16(13,14-3)15-4/h10H,5,8-9H2,1-4H3/t10-/m1/s1. The van der Waals surface area contributed by atoms with Gasteiger partial charge in [0.1, 0.15) is 11.9 Å². The molecule has 0 N–H and O–H groups in total. The lowest BCUT2D eigenvalue weighted by Gasteiger charge is -2.14. The molecule has 1 atom stereocenters. The van der Waals surface area contributed by atoms with Gasteiger partial charge in [0.05, 0.1) is 0 Å². The molecular formula is C11H19O4P. The van der Waals surface area contributed by atoms with Crippen molar-refractivity contribution >= 4 is 13.4 Å². The third kappa shape index (κ3) is 5.46. The fraction of sp³-hybridized carbons (Fsp3) is 0.727. The first-order valence-electron chi connectivity index (χ1n) is 5.18. The van der Waals surface area contributed by atoms with Crippen LogP contribution in [0.1, 0.15) is 26.7 Å². The first-order valence-corrected chi connectivity index (χ1v) is 6.90. The van der Waals surface area contributed by atoms with Gasteiger partial charge in [0.25, 0.3) is 0 Å². The van der Waals surface area contributed by atoms with Crippen LogP contribution in [0.15, 0.2) is 0 Å². The molecular weight excluding hydrogens is 227 g/mol. The average molecular weight is 246 g/mol. The van der Waals surface area contributed by atoms with Crippen LogP contribution in [-0.4, -0.2) is 26.2 Å². The number of hydrogen-bond donors (Lipinski definition) is 0. The average Bonchev–Trinajstić information content (AvgIpc) is 2.29. The van der Waals surface area contributed by atoms with Gasteiger partial charge in [-0.1, -0.05) is 13.8 Å². The van der Waals surface area contributed by atoms with E-state index in [0.29, 0.717) is 6.42 Å². The van der Waals surface area contributed by atoms with Crippen LogP contribution in [0.25, 0.3) is 0 Å². The van der Waals surface area contributed by atoms with Gasteiger partial charge in [-0.25, -0.2) is 0 Å². The SMILES string of the molecule is CCC#CC[C@@H](C)C(=O)CP(=O)(OC)OC. The summed E-state index contributed by atoms with van der Waals surface area (Å²) in [4.78, 5) is 11.7. The number of rotatable bonds is 6. The third-order valence-corrected chi connectivity index (χ3v) is 3.98. The Hall–Kier alpha value is -0.620. The summed E-state index contributed by atoms with van der Waals surface area (Å²) in [7, 11) is -0.674. The van der Waals surface area contributed by atoms with Crippen LogP contribution in [0.4, 0.5) is 0 Å². The van der Waals surface area contributed by atoms with E-state index in [-0.39, 0.29) is 17.9 Å². The van der Waals surface area contributed by atoms with E-state index in [1.807, 2.05) is 6.92 Å². The molecule has 0 fully saturated rings. The molecule has 0 aromatic heterocycles. The van der Waals surface area contributed by atoms with Crippen molar-refractivity contribution in [1.82, 2.24) is 0 Å². The molecule has 0 aliphatic rings. The highest BCUT2D eigenvalue weighted by Crippen LogP contribution is 2.46. The van der Waals surface area contributed by atoms with Crippen molar-refractivity contribution in [2.24, 2.45) is 5.92 Å². The molecule has 0 saturated heterocycles. The van der Waals surface area contributed by atoms with Gasteiger partial charge in [-0.3, -0.25) is 9.36 Å². The smallest absolute Gasteiger partial charge is 0.312 e. The Bertz CT molecular complexity index is 319. The first kappa shape index (κ1) is 15.4. The molecule has 0 spiro atoms. The molecule has 0 aliphatic heterocycles. The van der Waals surface area contributed by atoms with E-state index < -0.39 is 7.60 Å². The molecule has 0 radical (unpaired) electrons. The zero-order chi connectivity index (χ0) is 12.6. The summed E-state index contributed by atoms with van der Waals surface area (Å²) in [5, 5.41) is 0. The molecule has 0 aromatic rings. The highest BCUT2D eigenvalue weighted by molar-refractivity contribution is 7.54. The van der Waals surface area contributed by atoms with E-state index in [1.54, 1.807) is 6.92 Å². The lowest BCUT2D eigenvalue weighted by atomic mass is 10.0. The van der Waals surface area contributed by atoms with Crippen LogP contribution in [0, 0.1) is 17.8 Å². The molecule has 0 unspecified atom stereocenters. The number of carbonyl (C=O) groups is 1. The van der Waals surface area contributed by atoms with Crippen molar-refractivity contribution in [3.8, 4) is 11.8 Å². The Kier molecular flexibility index (Phi) is 7.33. The van der Waals surface area contributed by atoms with Gasteiger partial charge in [-0.2, -0.15) is 0 Å². The molecule has 0 bridgehead atoms. The predicted molar refractivity (Wildman–Crippen MR) is 63.3 cm³/mol. The Morgan fingerprint density at radius 2 is 1.88 bits per heavy atom. The maximum atomic E-state index is 11.7. The molecule has 5 heteroatoms. The van der Waals surface area contributed by atoms with Gasteiger partial charge in [0.2, 0.25) is 0 Å². The van der Waals surface area contributed by atoms with Crippen LogP contribution in [-0.2, 0) is 18.4 Å². The molecule has 0 heterocycles. The number of carbonyl (C=O) groups excluding carboxylic acids is 1. The van der Waals surface area contributed by atoms with E-state index in [1.165, 1.54) is 14.2 Å². The monoisotopic (exact) mass is 246 g/mol. The van der Waals surface area contributed by atoms with Crippen molar-refractivity contribution in [3.05, 3.63) is 0 Å². The summed E-state index contributed by atoms with van der Waals surface area (Å²) < 4.78 is 21.1. The molecule has 0 saturated carbocycles.